The van der Waals surface area contributed by atoms with E-state index in [0.29, 0.717) is 16.3 Å². The van der Waals surface area contributed by atoms with Crippen LogP contribution in [-0.2, 0) is 0 Å². The molecule has 4 nitrogen and oxygen atoms in total. The first-order valence-corrected chi connectivity index (χ1v) is 5.11. The van der Waals surface area contributed by atoms with E-state index in [1.54, 1.807) is 12.1 Å². The molecule has 1 heterocycles. The first-order chi connectivity index (χ1) is 7.56. The fourth-order valence-corrected chi connectivity index (χ4v) is 1.75. The average molecular weight is 256 g/mol. The number of rotatable bonds is 1. The summed E-state index contributed by atoms with van der Waals surface area (Å²) in [5, 5.41) is 9.84. The van der Waals surface area contributed by atoms with Crippen molar-refractivity contribution in [1.29, 1.82) is 0 Å². The molecule has 0 amide bonds. The van der Waals surface area contributed by atoms with Crippen molar-refractivity contribution in [1.82, 2.24) is 9.97 Å². The summed E-state index contributed by atoms with van der Waals surface area (Å²) < 4.78 is 0. The van der Waals surface area contributed by atoms with Crippen LogP contribution in [0.5, 0.6) is 5.75 Å². The summed E-state index contributed by atoms with van der Waals surface area (Å²) >= 11 is 11.7. The Morgan fingerprint density at radius 3 is 2.50 bits per heavy atom. The van der Waals surface area contributed by atoms with Gasteiger partial charge in [-0.3, -0.25) is 0 Å². The lowest BCUT2D eigenvalue weighted by molar-refractivity contribution is 0.475. The van der Waals surface area contributed by atoms with Gasteiger partial charge in [0, 0.05) is 11.6 Å². The van der Waals surface area contributed by atoms with Gasteiger partial charge < -0.3 is 10.8 Å². The van der Waals surface area contributed by atoms with Gasteiger partial charge in [-0.05, 0) is 18.2 Å². The zero-order valence-corrected chi connectivity index (χ0v) is 9.50. The first kappa shape index (κ1) is 11.0. The van der Waals surface area contributed by atoms with Crippen molar-refractivity contribution in [3.63, 3.8) is 0 Å². The van der Waals surface area contributed by atoms with Gasteiger partial charge in [0.25, 0.3) is 0 Å². The van der Waals surface area contributed by atoms with E-state index in [9.17, 15) is 5.11 Å². The van der Waals surface area contributed by atoms with Gasteiger partial charge in [0.1, 0.15) is 10.9 Å². The molecule has 0 aliphatic carbocycles. The Morgan fingerprint density at radius 2 is 1.88 bits per heavy atom. The zero-order valence-electron chi connectivity index (χ0n) is 7.98. The molecule has 2 aromatic rings. The Hall–Kier alpha value is -1.52. The number of hydrogen-bond acceptors (Lipinski definition) is 4. The number of phenols is 1. The maximum Gasteiger partial charge on any atom is 0.221 e. The molecule has 0 fully saturated rings. The predicted molar refractivity (Wildman–Crippen MR) is 63.6 cm³/mol. The lowest BCUT2D eigenvalue weighted by Gasteiger charge is -2.05. The van der Waals surface area contributed by atoms with Crippen LogP contribution in [0.15, 0.2) is 24.3 Å². The standard InChI is InChI=1S/C10H7Cl2N3O/c11-7-3-5(16)1-2-6(7)8-4-9(12)15-10(13)14-8/h1-4,16H,(H2,13,14,15). The summed E-state index contributed by atoms with van der Waals surface area (Å²) in [5.74, 6) is 0.161. The van der Waals surface area contributed by atoms with Gasteiger partial charge in [-0.15, -0.1) is 0 Å². The SMILES string of the molecule is Nc1nc(Cl)cc(-c2ccc(O)cc2Cl)n1. The minimum atomic E-state index is 0.0756. The van der Waals surface area contributed by atoms with Crippen LogP contribution in [0.4, 0.5) is 5.95 Å². The predicted octanol–water partition coefficient (Wildman–Crippen LogP) is 2.74. The van der Waals surface area contributed by atoms with Gasteiger partial charge in [0.2, 0.25) is 5.95 Å². The second-order valence-electron chi connectivity index (χ2n) is 3.10. The number of phenolic OH excluding ortho intramolecular Hbond substituents is 1. The summed E-state index contributed by atoms with van der Waals surface area (Å²) in [6, 6.07) is 6.11. The Bertz CT molecular complexity index is 525. The molecule has 0 radical (unpaired) electrons. The van der Waals surface area contributed by atoms with Gasteiger partial charge in [0.05, 0.1) is 10.7 Å². The Labute approximate surface area is 102 Å². The van der Waals surface area contributed by atoms with E-state index in [2.05, 4.69) is 9.97 Å². The molecule has 0 unspecified atom stereocenters. The van der Waals surface area contributed by atoms with E-state index in [1.807, 2.05) is 0 Å². The summed E-state index contributed by atoms with van der Waals surface area (Å²) in [6.45, 7) is 0. The molecule has 0 bridgehead atoms. The fraction of sp³-hybridized carbons (Fsp3) is 0. The molecule has 0 spiro atoms. The number of aromatic nitrogens is 2. The highest BCUT2D eigenvalue weighted by Gasteiger charge is 2.08. The summed E-state index contributed by atoms with van der Waals surface area (Å²) in [4.78, 5) is 7.76. The van der Waals surface area contributed by atoms with Gasteiger partial charge in [-0.1, -0.05) is 23.2 Å². The van der Waals surface area contributed by atoms with Crippen LogP contribution >= 0.6 is 23.2 Å². The van der Waals surface area contributed by atoms with Crippen molar-refractivity contribution in [2.75, 3.05) is 5.73 Å². The number of halogens is 2. The highest BCUT2D eigenvalue weighted by Crippen LogP contribution is 2.30. The van der Waals surface area contributed by atoms with Gasteiger partial charge >= 0.3 is 0 Å². The normalized spacial score (nSPS) is 10.4. The minimum Gasteiger partial charge on any atom is -0.508 e. The Balaban J connectivity index is 2.58. The number of nitrogens with two attached hydrogens (primary N) is 1. The molecule has 0 saturated heterocycles. The molecule has 6 heteroatoms. The molecular formula is C10H7Cl2N3O. The molecule has 1 aromatic heterocycles. The number of aromatic hydroxyl groups is 1. The smallest absolute Gasteiger partial charge is 0.221 e. The van der Waals surface area contributed by atoms with Crippen LogP contribution in [0, 0.1) is 0 Å². The van der Waals surface area contributed by atoms with E-state index in [4.69, 9.17) is 28.9 Å². The van der Waals surface area contributed by atoms with Crippen molar-refractivity contribution in [2.24, 2.45) is 0 Å². The molecule has 0 atom stereocenters. The summed E-state index contributed by atoms with van der Waals surface area (Å²) in [7, 11) is 0. The maximum atomic E-state index is 9.23. The number of anilines is 1. The third-order valence-electron chi connectivity index (χ3n) is 1.94. The highest BCUT2D eigenvalue weighted by molar-refractivity contribution is 6.33. The van der Waals surface area contributed by atoms with Crippen LogP contribution in [0.1, 0.15) is 0 Å². The van der Waals surface area contributed by atoms with Gasteiger partial charge in [0.15, 0.2) is 0 Å². The van der Waals surface area contributed by atoms with Crippen molar-refractivity contribution in [3.05, 3.63) is 34.4 Å². The van der Waals surface area contributed by atoms with Crippen molar-refractivity contribution in [2.45, 2.75) is 0 Å². The molecule has 2 rings (SSSR count). The lowest BCUT2D eigenvalue weighted by atomic mass is 10.1. The molecule has 82 valence electrons. The lowest BCUT2D eigenvalue weighted by Crippen LogP contribution is -1.96. The third-order valence-corrected chi connectivity index (χ3v) is 2.45. The second-order valence-corrected chi connectivity index (χ2v) is 3.89. The van der Waals surface area contributed by atoms with Crippen LogP contribution in [0.25, 0.3) is 11.3 Å². The van der Waals surface area contributed by atoms with E-state index in [1.165, 1.54) is 12.1 Å². The third kappa shape index (κ3) is 2.18. The van der Waals surface area contributed by atoms with Crippen molar-refractivity contribution < 1.29 is 5.11 Å². The van der Waals surface area contributed by atoms with E-state index in [0.717, 1.165) is 0 Å². The largest absolute Gasteiger partial charge is 0.508 e. The molecule has 16 heavy (non-hydrogen) atoms. The molecule has 1 aromatic carbocycles. The first-order valence-electron chi connectivity index (χ1n) is 4.35. The van der Waals surface area contributed by atoms with Crippen LogP contribution < -0.4 is 5.73 Å². The van der Waals surface area contributed by atoms with E-state index < -0.39 is 0 Å². The van der Waals surface area contributed by atoms with Gasteiger partial charge in [-0.2, -0.15) is 0 Å². The van der Waals surface area contributed by atoms with Crippen LogP contribution in [0.2, 0.25) is 10.2 Å². The van der Waals surface area contributed by atoms with Crippen LogP contribution in [0.3, 0.4) is 0 Å². The molecular weight excluding hydrogens is 249 g/mol. The number of nitrogens with zero attached hydrogens (tertiary/aromatic N) is 2. The maximum absolute atomic E-state index is 9.23. The molecule has 3 N–H and O–H groups in total. The fourth-order valence-electron chi connectivity index (χ4n) is 1.28. The number of benzene rings is 1. The van der Waals surface area contributed by atoms with Gasteiger partial charge in [-0.25, -0.2) is 9.97 Å². The summed E-state index contributed by atoms with van der Waals surface area (Å²) in [6.07, 6.45) is 0. The van der Waals surface area contributed by atoms with E-state index in [-0.39, 0.29) is 16.9 Å². The van der Waals surface area contributed by atoms with Crippen LogP contribution in [-0.4, -0.2) is 15.1 Å². The number of nitrogen functional groups attached to an aromatic ring is 1. The number of hydrogen-bond donors (Lipinski definition) is 2. The Morgan fingerprint density at radius 1 is 1.12 bits per heavy atom. The quantitative estimate of drug-likeness (QED) is 0.769. The van der Waals surface area contributed by atoms with Crippen molar-refractivity contribution in [3.8, 4) is 17.0 Å². The summed E-state index contributed by atoms with van der Waals surface area (Å²) in [5.41, 5.74) is 6.63. The van der Waals surface area contributed by atoms with E-state index >= 15 is 0 Å². The molecule has 0 aliphatic rings. The molecule has 0 aliphatic heterocycles. The minimum absolute atomic E-state index is 0.0756. The monoisotopic (exact) mass is 255 g/mol. The highest BCUT2D eigenvalue weighted by atomic mass is 35.5. The van der Waals surface area contributed by atoms with Crippen molar-refractivity contribution >= 4 is 29.2 Å². The average Bonchev–Trinajstić information content (AvgIpc) is 2.15. The topological polar surface area (TPSA) is 72.0 Å². The molecule has 0 saturated carbocycles. The zero-order chi connectivity index (χ0) is 11.7. The Kier molecular flexibility index (Phi) is 2.85. The second kappa shape index (κ2) is 4.15.